The number of hydrogen-bond donors (Lipinski definition) is 1. The molecule has 2 aromatic rings. The van der Waals surface area contributed by atoms with Crippen LogP contribution >= 0.6 is 0 Å². The second-order valence-electron chi connectivity index (χ2n) is 6.42. The van der Waals surface area contributed by atoms with Gasteiger partial charge in [0.2, 0.25) is 0 Å². The number of benzene rings is 1. The van der Waals surface area contributed by atoms with E-state index in [0.29, 0.717) is 5.82 Å². The average molecular weight is 286 g/mol. The first-order chi connectivity index (χ1) is 9.75. The summed E-state index contributed by atoms with van der Waals surface area (Å²) in [7, 11) is 0. The SMILES string of the molecule is CC(C)Oc1ccc(-c2nc(C(C)(C)C)cc(=O)[nH]2)cc1. The molecule has 0 bridgehead atoms. The van der Waals surface area contributed by atoms with Crippen LogP contribution in [0.25, 0.3) is 11.4 Å². The summed E-state index contributed by atoms with van der Waals surface area (Å²) in [6.07, 6.45) is 0.137. The van der Waals surface area contributed by atoms with Crippen molar-refractivity contribution in [3.63, 3.8) is 0 Å². The zero-order chi connectivity index (χ0) is 15.6. The highest BCUT2D eigenvalue weighted by Crippen LogP contribution is 2.23. The zero-order valence-electron chi connectivity index (χ0n) is 13.2. The number of nitrogens with zero attached hydrogens (tertiary/aromatic N) is 1. The van der Waals surface area contributed by atoms with Gasteiger partial charge in [0.05, 0.1) is 11.8 Å². The number of H-pyrrole nitrogens is 1. The van der Waals surface area contributed by atoms with Crippen LogP contribution in [0.1, 0.15) is 40.3 Å². The molecule has 1 heterocycles. The molecule has 2 rings (SSSR count). The summed E-state index contributed by atoms with van der Waals surface area (Å²) >= 11 is 0. The van der Waals surface area contributed by atoms with E-state index in [9.17, 15) is 4.79 Å². The highest BCUT2D eigenvalue weighted by atomic mass is 16.5. The van der Waals surface area contributed by atoms with Crippen LogP contribution in [0.15, 0.2) is 35.1 Å². The summed E-state index contributed by atoms with van der Waals surface area (Å²) < 4.78 is 5.61. The van der Waals surface area contributed by atoms with Gasteiger partial charge in [-0.2, -0.15) is 0 Å². The van der Waals surface area contributed by atoms with Gasteiger partial charge < -0.3 is 9.72 Å². The standard InChI is InChI=1S/C17H22N2O2/c1-11(2)21-13-8-6-12(7-9-13)16-18-14(17(3,4)5)10-15(20)19-16/h6-11H,1-5H3,(H,18,19,20). The van der Waals surface area contributed by atoms with Crippen LogP contribution in [0, 0.1) is 0 Å². The minimum Gasteiger partial charge on any atom is -0.491 e. The summed E-state index contributed by atoms with van der Waals surface area (Å²) in [5.41, 5.74) is 1.36. The number of aromatic amines is 1. The molecule has 0 amide bonds. The second-order valence-corrected chi connectivity index (χ2v) is 6.42. The molecule has 0 aliphatic carbocycles. The third kappa shape index (κ3) is 3.94. The summed E-state index contributed by atoms with van der Waals surface area (Å²) in [6, 6.07) is 9.14. The molecule has 21 heavy (non-hydrogen) atoms. The Bertz CT molecular complexity index is 664. The van der Waals surface area contributed by atoms with E-state index in [4.69, 9.17) is 4.74 Å². The van der Waals surface area contributed by atoms with Gasteiger partial charge in [-0.15, -0.1) is 0 Å². The van der Waals surface area contributed by atoms with Gasteiger partial charge in [0, 0.05) is 17.0 Å². The van der Waals surface area contributed by atoms with Gasteiger partial charge >= 0.3 is 0 Å². The molecule has 0 aliphatic rings. The lowest BCUT2D eigenvalue weighted by atomic mass is 9.92. The first-order valence-corrected chi connectivity index (χ1v) is 7.14. The van der Waals surface area contributed by atoms with Gasteiger partial charge in [-0.3, -0.25) is 4.79 Å². The minimum absolute atomic E-state index is 0.132. The molecule has 4 nitrogen and oxygen atoms in total. The number of aromatic nitrogens is 2. The van der Waals surface area contributed by atoms with E-state index < -0.39 is 0 Å². The highest BCUT2D eigenvalue weighted by Gasteiger charge is 2.17. The van der Waals surface area contributed by atoms with E-state index in [-0.39, 0.29) is 17.1 Å². The van der Waals surface area contributed by atoms with Crippen LogP contribution in [-0.4, -0.2) is 16.1 Å². The Hall–Kier alpha value is -2.10. The molecule has 0 atom stereocenters. The Kier molecular flexibility index (Phi) is 4.16. The molecular formula is C17H22N2O2. The fraction of sp³-hybridized carbons (Fsp3) is 0.412. The van der Waals surface area contributed by atoms with E-state index in [2.05, 4.69) is 9.97 Å². The molecule has 0 fully saturated rings. The normalized spacial score (nSPS) is 11.7. The molecule has 0 unspecified atom stereocenters. The minimum atomic E-state index is -0.163. The summed E-state index contributed by atoms with van der Waals surface area (Å²) in [5.74, 6) is 1.39. The van der Waals surface area contributed by atoms with Gasteiger partial charge in [0.1, 0.15) is 11.6 Å². The van der Waals surface area contributed by atoms with Crippen LogP contribution in [0.2, 0.25) is 0 Å². The molecule has 0 radical (unpaired) electrons. The van der Waals surface area contributed by atoms with Crippen molar-refractivity contribution in [3.8, 4) is 17.1 Å². The van der Waals surface area contributed by atoms with Gasteiger partial charge in [-0.25, -0.2) is 4.98 Å². The van der Waals surface area contributed by atoms with Crippen molar-refractivity contribution in [1.82, 2.24) is 9.97 Å². The zero-order valence-corrected chi connectivity index (χ0v) is 13.2. The first kappa shape index (κ1) is 15.3. The number of nitrogens with one attached hydrogen (secondary N) is 1. The molecule has 112 valence electrons. The van der Waals surface area contributed by atoms with Gasteiger partial charge in [-0.05, 0) is 38.1 Å². The summed E-state index contributed by atoms with van der Waals surface area (Å²) in [6.45, 7) is 10.1. The molecule has 1 N–H and O–H groups in total. The monoisotopic (exact) mass is 286 g/mol. The maximum absolute atomic E-state index is 11.8. The number of hydrogen-bond acceptors (Lipinski definition) is 3. The van der Waals surface area contributed by atoms with Crippen molar-refractivity contribution in [1.29, 1.82) is 0 Å². The van der Waals surface area contributed by atoms with Crippen molar-refractivity contribution in [3.05, 3.63) is 46.4 Å². The first-order valence-electron chi connectivity index (χ1n) is 7.14. The van der Waals surface area contributed by atoms with Crippen LogP contribution in [0.5, 0.6) is 5.75 Å². The molecule has 1 aromatic carbocycles. The third-order valence-corrected chi connectivity index (χ3v) is 3.01. The van der Waals surface area contributed by atoms with E-state index in [1.165, 1.54) is 0 Å². The average Bonchev–Trinajstić information content (AvgIpc) is 2.37. The molecule has 4 heteroatoms. The Morgan fingerprint density at radius 1 is 1.14 bits per heavy atom. The second kappa shape index (κ2) is 5.72. The quantitative estimate of drug-likeness (QED) is 0.939. The molecule has 0 aliphatic heterocycles. The van der Waals surface area contributed by atoms with Crippen LogP contribution in [0.3, 0.4) is 0 Å². The predicted octanol–water partition coefficient (Wildman–Crippen LogP) is 3.52. The summed E-state index contributed by atoms with van der Waals surface area (Å²) in [4.78, 5) is 19.2. The van der Waals surface area contributed by atoms with E-state index >= 15 is 0 Å². The van der Waals surface area contributed by atoms with Crippen molar-refractivity contribution in [2.75, 3.05) is 0 Å². The van der Waals surface area contributed by atoms with Crippen molar-refractivity contribution in [2.45, 2.75) is 46.1 Å². The van der Waals surface area contributed by atoms with Crippen molar-refractivity contribution >= 4 is 0 Å². The molecule has 0 saturated heterocycles. The Balaban J connectivity index is 2.38. The largest absolute Gasteiger partial charge is 0.491 e. The maximum atomic E-state index is 11.8. The fourth-order valence-electron chi connectivity index (χ4n) is 1.94. The van der Waals surface area contributed by atoms with E-state index in [1.807, 2.05) is 58.9 Å². The lowest BCUT2D eigenvalue weighted by molar-refractivity contribution is 0.242. The van der Waals surface area contributed by atoms with Crippen LogP contribution in [-0.2, 0) is 5.41 Å². The number of ether oxygens (including phenoxy) is 1. The van der Waals surface area contributed by atoms with E-state index in [0.717, 1.165) is 17.0 Å². The third-order valence-electron chi connectivity index (χ3n) is 3.01. The highest BCUT2D eigenvalue weighted by molar-refractivity contribution is 5.56. The maximum Gasteiger partial charge on any atom is 0.251 e. The summed E-state index contributed by atoms with van der Waals surface area (Å²) in [5, 5.41) is 0. The topological polar surface area (TPSA) is 55.0 Å². The van der Waals surface area contributed by atoms with Gasteiger partial charge in [0.15, 0.2) is 0 Å². The molecular weight excluding hydrogens is 264 g/mol. The van der Waals surface area contributed by atoms with Crippen LogP contribution < -0.4 is 10.3 Å². The van der Waals surface area contributed by atoms with Gasteiger partial charge in [0.25, 0.3) is 5.56 Å². The lowest BCUT2D eigenvalue weighted by Crippen LogP contribution is -2.19. The van der Waals surface area contributed by atoms with Gasteiger partial charge in [-0.1, -0.05) is 20.8 Å². The van der Waals surface area contributed by atoms with E-state index in [1.54, 1.807) is 6.07 Å². The fourth-order valence-corrected chi connectivity index (χ4v) is 1.94. The Morgan fingerprint density at radius 3 is 2.29 bits per heavy atom. The molecule has 1 aromatic heterocycles. The number of rotatable bonds is 3. The molecule has 0 spiro atoms. The van der Waals surface area contributed by atoms with Crippen molar-refractivity contribution in [2.24, 2.45) is 0 Å². The van der Waals surface area contributed by atoms with Crippen LogP contribution in [0.4, 0.5) is 0 Å². The smallest absolute Gasteiger partial charge is 0.251 e. The predicted molar refractivity (Wildman–Crippen MR) is 84.8 cm³/mol. The van der Waals surface area contributed by atoms with Crippen molar-refractivity contribution < 1.29 is 4.74 Å². The lowest BCUT2D eigenvalue weighted by Gasteiger charge is -2.18. The Labute approximate surface area is 125 Å². The Morgan fingerprint density at radius 2 is 1.76 bits per heavy atom. The molecule has 0 saturated carbocycles.